The third kappa shape index (κ3) is 7.21. The summed E-state index contributed by atoms with van der Waals surface area (Å²) >= 11 is 1.25. The molecule has 0 aliphatic heterocycles. The lowest BCUT2D eigenvalue weighted by Gasteiger charge is -2.18. The molecule has 0 atom stereocenters. The van der Waals surface area contributed by atoms with Gasteiger partial charge in [-0.2, -0.15) is 4.31 Å². The zero-order valence-corrected chi connectivity index (χ0v) is 23.6. The Labute approximate surface area is 227 Å². The van der Waals surface area contributed by atoms with E-state index in [1.54, 1.807) is 33.1 Å². The van der Waals surface area contributed by atoms with Crippen LogP contribution in [0, 0.1) is 0 Å². The van der Waals surface area contributed by atoms with Crippen molar-refractivity contribution in [1.29, 1.82) is 0 Å². The lowest BCUT2D eigenvalue weighted by atomic mass is 10.1. The molecule has 0 fully saturated rings. The quantitative estimate of drug-likeness (QED) is 0.181. The Balaban J connectivity index is 1.76. The van der Waals surface area contributed by atoms with E-state index in [4.69, 9.17) is 4.74 Å². The predicted molar refractivity (Wildman–Crippen MR) is 147 cm³/mol. The second kappa shape index (κ2) is 13.5. The molecule has 12 heteroatoms. The van der Waals surface area contributed by atoms with E-state index in [0.29, 0.717) is 54.8 Å². The summed E-state index contributed by atoms with van der Waals surface area (Å²) in [6, 6.07) is 13.5. The summed E-state index contributed by atoms with van der Waals surface area (Å²) in [6.07, 6.45) is 1.26. The van der Waals surface area contributed by atoms with Gasteiger partial charge in [-0.3, -0.25) is 14.2 Å². The van der Waals surface area contributed by atoms with Gasteiger partial charge >= 0.3 is 0 Å². The van der Waals surface area contributed by atoms with Crippen LogP contribution in [0.2, 0.25) is 0 Å². The first-order valence-electron chi connectivity index (χ1n) is 12.3. The van der Waals surface area contributed by atoms with Gasteiger partial charge in [-0.25, -0.2) is 8.42 Å². The lowest BCUT2D eigenvalue weighted by molar-refractivity contribution is -0.118. The van der Waals surface area contributed by atoms with E-state index in [-0.39, 0.29) is 22.3 Å². The highest BCUT2D eigenvalue weighted by molar-refractivity contribution is 7.99. The second-order valence-electron chi connectivity index (χ2n) is 8.34. The average molecular weight is 560 g/mol. The average Bonchev–Trinajstić information content (AvgIpc) is 3.32. The predicted octanol–water partition coefficient (Wildman–Crippen LogP) is 3.35. The van der Waals surface area contributed by atoms with Gasteiger partial charge < -0.3 is 10.1 Å². The number of ether oxygens (including phenoxy) is 1. The largest absolute Gasteiger partial charge is 0.497 e. The Morgan fingerprint density at radius 3 is 2.26 bits per heavy atom. The maximum atomic E-state index is 12.9. The maximum Gasteiger partial charge on any atom is 0.243 e. The summed E-state index contributed by atoms with van der Waals surface area (Å²) in [5, 5.41) is 12.0. The van der Waals surface area contributed by atoms with Gasteiger partial charge in [-0.15, -0.1) is 10.2 Å². The van der Waals surface area contributed by atoms with E-state index in [1.165, 1.54) is 35.1 Å². The summed E-state index contributed by atoms with van der Waals surface area (Å²) in [5.74, 6) is 1.28. The van der Waals surface area contributed by atoms with Gasteiger partial charge in [0.2, 0.25) is 15.9 Å². The topological polar surface area (TPSA) is 123 Å². The Hall–Kier alpha value is -3.22. The van der Waals surface area contributed by atoms with Crippen molar-refractivity contribution in [2.45, 2.75) is 43.7 Å². The van der Waals surface area contributed by atoms with Crippen molar-refractivity contribution in [2.24, 2.45) is 0 Å². The minimum Gasteiger partial charge on any atom is -0.497 e. The van der Waals surface area contributed by atoms with Gasteiger partial charge in [0.1, 0.15) is 11.6 Å². The van der Waals surface area contributed by atoms with E-state index in [9.17, 15) is 18.0 Å². The number of ketones is 1. The zero-order valence-electron chi connectivity index (χ0n) is 22.0. The molecule has 0 radical (unpaired) electrons. The van der Waals surface area contributed by atoms with Crippen LogP contribution in [0.25, 0.3) is 5.69 Å². The molecule has 204 valence electrons. The summed E-state index contributed by atoms with van der Waals surface area (Å²) in [7, 11) is -1.99. The Bertz CT molecular complexity index is 1340. The number of aryl methyl sites for hydroxylation is 1. The van der Waals surface area contributed by atoms with Crippen LogP contribution >= 0.6 is 11.8 Å². The van der Waals surface area contributed by atoms with E-state index >= 15 is 0 Å². The molecule has 0 aliphatic carbocycles. The number of carbonyl (C=O) groups excluding carboxylic acids is 2. The third-order valence-electron chi connectivity index (χ3n) is 5.83. The molecule has 0 unspecified atom stereocenters. The van der Waals surface area contributed by atoms with Crippen LogP contribution in [0.15, 0.2) is 58.6 Å². The number of nitrogens with zero attached hydrogens (tertiary/aromatic N) is 4. The highest BCUT2D eigenvalue weighted by Gasteiger charge is 2.22. The molecule has 0 aliphatic rings. The summed E-state index contributed by atoms with van der Waals surface area (Å²) < 4.78 is 34.0. The smallest absolute Gasteiger partial charge is 0.243 e. The molecule has 1 amide bonds. The maximum absolute atomic E-state index is 12.9. The number of thioether (sulfide) groups is 1. The van der Waals surface area contributed by atoms with E-state index in [2.05, 4.69) is 15.5 Å². The fourth-order valence-electron chi connectivity index (χ4n) is 3.80. The van der Waals surface area contributed by atoms with Crippen LogP contribution in [-0.4, -0.2) is 71.7 Å². The first-order valence-corrected chi connectivity index (χ1v) is 14.7. The number of aromatic nitrogens is 3. The van der Waals surface area contributed by atoms with Crippen LogP contribution in [0.1, 0.15) is 43.4 Å². The summed E-state index contributed by atoms with van der Waals surface area (Å²) in [6.45, 7) is 6.32. The zero-order chi connectivity index (χ0) is 27.7. The molecule has 3 aromatic rings. The van der Waals surface area contributed by atoms with Crippen molar-refractivity contribution in [1.82, 2.24) is 24.4 Å². The Kier molecular flexibility index (Phi) is 10.5. The van der Waals surface area contributed by atoms with Crippen molar-refractivity contribution < 1.29 is 22.7 Å². The molecule has 1 heterocycles. The van der Waals surface area contributed by atoms with Crippen LogP contribution < -0.4 is 10.1 Å². The highest BCUT2D eigenvalue weighted by atomic mass is 32.2. The number of hydrogen-bond acceptors (Lipinski definition) is 8. The lowest BCUT2D eigenvalue weighted by Crippen LogP contribution is -2.30. The first-order chi connectivity index (χ1) is 18.2. The first kappa shape index (κ1) is 29.3. The third-order valence-corrected chi connectivity index (χ3v) is 8.83. The van der Waals surface area contributed by atoms with Gasteiger partial charge in [0.15, 0.2) is 10.9 Å². The standard InChI is InChI=1S/C26H33N5O5S2/c1-5-30(6-2)38(34,35)23-15-9-20(10-16-23)24(33)18-37-26-29-28-25(8-7-17-27-19(3)32)31(26)21-11-13-22(36-4)14-12-21/h9-16H,5-8,17-18H2,1-4H3,(H,27,32). The number of benzene rings is 2. The number of methoxy groups -OCH3 is 1. The second-order valence-corrected chi connectivity index (χ2v) is 11.2. The van der Waals surface area contributed by atoms with Crippen LogP contribution in [0.4, 0.5) is 0 Å². The van der Waals surface area contributed by atoms with Gasteiger partial charge in [-0.05, 0) is 42.8 Å². The van der Waals surface area contributed by atoms with Crippen molar-refractivity contribution in [3.63, 3.8) is 0 Å². The van der Waals surface area contributed by atoms with Crippen LogP contribution in [0.3, 0.4) is 0 Å². The molecule has 3 rings (SSSR count). The molecule has 2 aromatic carbocycles. The van der Waals surface area contributed by atoms with E-state index < -0.39 is 10.0 Å². The monoisotopic (exact) mass is 559 g/mol. The van der Waals surface area contributed by atoms with Crippen molar-refractivity contribution in [3.05, 3.63) is 59.9 Å². The van der Waals surface area contributed by atoms with Crippen LogP contribution in [0.5, 0.6) is 5.75 Å². The van der Waals surface area contributed by atoms with Crippen LogP contribution in [-0.2, 0) is 21.2 Å². The number of nitrogens with one attached hydrogen (secondary N) is 1. The van der Waals surface area contributed by atoms with Gasteiger partial charge in [0, 0.05) is 44.2 Å². The number of sulfonamides is 1. The van der Waals surface area contributed by atoms with Gasteiger partial charge in [0.25, 0.3) is 0 Å². The number of Topliss-reactive ketones (excluding diaryl/α,β-unsaturated/α-hetero) is 1. The molecular weight excluding hydrogens is 526 g/mol. The highest BCUT2D eigenvalue weighted by Crippen LogP contribution is 2.25. The fourth-order valence-corrected chi connectivity index (χ4v) is 6.12. The Morgan fingerprint density at radius 2 is 1.68 bits per heavy atom. The molecule has 38 heavy (non-hydrogen) atoms. The number of carbonyl (C=O) groups is 2. The molecular formula is C26H33N5O5S2. The van der Waals surface area contributed by atoms with E-state index in [1.807, 2.05) is 28.8 Å². The molecule has 1 aromatic heterocycles. The molecule has 0 bridgehead atoms. The molecule has 0 saturated carbocycles. The molecule has 0 spiro atoms. The minimum absolute atomic E-state index is 0.0879. The van der Waals surface area contributed by atoms with Crippen molar-refractivity contribution in [2.75, 3.05) is 32.5 Å². The van der Waals surface area contributed by atoms with Crippen molar-refractivity contribution in [3.8, 4) is 11.4 Å². The minimum atomic E-state index is -3.59. The number of hydrogen-bond donors (Lipinski definition) is 1. The normalized spacial score (nSPS) is 11.5. The molecule has 0 saturated heterocycles. The number of rotatable bonds is 14. The molecule has 10 nitrogen and oxygen atoms in total. The van der Waals surface area contributed by atoms with Gasteiger partial charge in [0.05, 0.1) is 17.8 Å². The molecule has 1 N–H and O–H groups in total. The van der Waals surface area contributed by atoms with Crippen molar-refractivity contribution >= 4 is 33.5 Å². The SMILES string of the molecule is CCN(CC)S(=O)(=O)c1ccc(C(=O)CSc2nnc(CCCNC(C)=O)n2-c2ccc(OC)cc2)cc1. The Morgan fingerprint density at radius 1 is 1.03 bits per heavy atom. The summed E-state index contributed by atoms with van der Waals surface area (Å²) in [4.78, 5) is 24.3. The summed E-state index contributed by atoms with van der Waals surface area (Å²) in [5.41, 5.74) is 1.24. The fraction of sp³-hybridized carbons (Fsp3) is 0.385. The van der Waals surface area contributed by atoms with Gasteiger partial charge in [-0.1, -0.05) is 37.7 Å². The number of amides is 1. The van der Waals surface area contributed by atoms with E-state index in [0.717, 1.165) is 5.69 Å².